The molecular weight excluding hydrogens is 224 g/mol. The summed E-state index contributed by atoms with van der Waals surface area (Å²) in [5.74, 6) is -0.999. The number of rotatable bonds is 4. The Morgan fingerprint density at radius 2 is 2.06 bits per heavy atom. The second kappa shape index (κ2) is 5.25. The third-order valence-electron chi connectivity index (χ3n) is 2.45. The summed E-state index contributed by atoms with van der Waals surface area (Å²) < 4.78 is 12.1. The van der Waals surface area contributed by atoms with E-state index in [0.29, 0.717) is 11.3 Å². The number of hydrogen-bond donors (Lipinski definition) is 1. The molecule has 1 aromatic rings. The smallest absolute Gasteiger partial charge is 0.319 e. The number of carbonyl (C=O) groups is 1. The van der Waals surface area contributed by atoms with E-state index in [1.165, 1.54) is 0 Å². The van der Waals surface area contributed by atoms with Gasteiger partial charge in [-0.3, -0.25) is 9.00 Å². The van der Waals surface area contributed by atoms with Gasteiger partial charge in [0.15, 0.2) is 0 Å². The van der Waals surface area contributed by atoms with Crippen LogP contribution in [0.2, 0.25) is 0 Å². The molecule has 0 heterocycles. The van der Waals surface area contributed by atoms with E-state index in [-0.39, 0.29) is 0 Å². The molecule has 0 saturated heterocycles. The van der Waals surface area contributed by atoms with E-state index in [4.69, 9.17) is 5.11 Å². The summed E-state index contributed by atoms with van der Waals surface area (Å²) in [6.45, 7) is 5.54. The minimum Gasteiger partial charge on any atom is -0.480 e. The van der Waals surface area contributed by atoms with Crippen LogP contribution < -0.4 is 0 Å². The Morgan fingerprint density at radius 1 is 1.44 bits per heavy atom. The molecule has 3 nitrogen and oxygen atoms in total. The number of aliphatic carboxylic acids is 1. The molecule has 0 aromatic heterocycles. The molecule has 16 heavy (non-hydrogen) atoms. The Morgan fingerprint density at radius 3 is 2.50 bits per heavy atom. The first kappa shape index (κ1) is 12.9. The fourth-order valence-corrected chi connectivity index (χ4v) is 2.97. The second-order valence-corrected chi connectivity index (χ2v) is 5.41. The van der Waals surface area contributed by atoms with E-state index < -0.39 is 22.0 Å². The standard InChI is InChI=1S/C12H16O3S/c1-4-10(12(13)14)16(15)11-6-5-8(2)7-9(11)3/h5-7,10H,4H2,1-3H3,(H,13,14)/t10-,16+/m0/s1. The van der Waals surface area contributed by atoms with Crippen LogP contribution >= 0.6 is 0 Å². The first-order valence-corrected chi connectivity index (χ1v) is 6.39. The van der Waals surface area contributed by atoms with Crippen LogP contribution in [0, 0.1) is 13.8 Å². The summed E-state index contributed by atoms with van der Waals surface area (Å²) in [6, 6.07) is 5.53. The number of carboxylic acids is 1. The number of benzene rings is 1. The van der Waals surface area contributed by atoms with Crippen molar-refractivity contribution in [2.24, 2.45) is 0 Å². The molecule has 0 saturated carbocycles. The zero-order chi connectivity index (χ0) is 12.3. The van der Waals surface area contributed by atoms with Crippen LogP contribution in [0.25, 0.3) is 0 Å². The molecule has 4 heteroatoms. The molecule has 0 spiro atoms. The highest BCUT2D eigenvalue weighted by molar-refractivity contribution is 7.86. The van der Waals surface area contributed by atoms with Gasteiger partial charge in [-0.15, -0.1) is 0 Å². The van der Waals surface area contributed by atoms with Gasteiger partial charge in [-0.25, -0.2) is 0 Å². The van der Waals surface area contributed by atoms with Gasteiger partial charge in [0.25, 0.3) is 0 Å². The van der Waals surface area contributed by atoms with Gasteiger partial charge < -0.3 is 5.11 Å². The van der Waals surface area contributed by atoms with Crippen molar-refractivity contribution in [3.05, 3.63) is 29.3 Å². The van der Waals surface area contributed by atoms with E-state index in [9.17, 15) is 9.00 Å². The van der Waals surface area contributed by atoms with Crippen LogP contribution in [0.4, 0.5) is 0 Å². The van der Waals surface area contributed by atoms with Crippen LogP contribution in [-0.2, 0) is 15.6 Å². The van der Waals surface area contributed by atoms with Crippen molar-refractivity contribution in [3.63, 3.8) is 0 Å². The number of hydrogen-bond acceptors (Lipinski definition) is 2. The lowest BCUT2D eigenvalue weighted by atomic mass is 10.2. The van der Waals surface area contributed by atoms with E-state index in [0.717, 1.165) is 11.1 Å². The van der Waals surface area contributed by atoms with Crippen molar-refractivity contribution in [2.75, 3.05) is 0 Å². The molecule has 88 valence electrons. The van der Waals surface area contributed by atoms with Crippen molar-refractivity contribution in [1.29, 1.82) is 0 Å². The summed E-state index contributed by atoms with van der Waals surface area (Å²) in [5.41, 5.74) is 1.97. The van der Waals surface area contributed by atoms with Gasteiger partial charge in [0.2, 0.25) is 0 Å². The quantitative estimate of drug-likeness (QED) is 0.878. The molecule has 0 bridgehead atoms. The molecular formula is C12H16O3S. The fraction of sp³-hybridized carbons (Fsp3) is 0.417. The average Bonchev–Trinajstić information content (AvgIpc) is 2.17. The van der Waals surface area contributed by atoms with Crippen LogP contribution in [0.3, 0.4) is 0 Å². The molecule has 1 N–H and O–H groups in total. The minimum atomic E-state index is -1.47. The monoisotopic (exact) mass is 240 g/mol. The first-order chi connectivity index (χ1) is 7.47. The zero-order valence-electron chi connectivity index (χ0n) is 9.69. The van der Waals surface area contributed by atoms with Gasteiger partial charge in [-0.1, -0.05) is 24.6 Å². The molecule has 0 fully saturated rings. The van der Waals surface area contributed by atoms with Gasteiger partial charge in [0.05, 0.1) is 10.8 Å². The maximum atomic E-state index is 12.1. The summed E-state index contributed by atoms with van der Waals surface area (Å²) in [7, 11) is -1.47. The maximum absolute atomic E-state index is 12.1. The van der Waals surface area contributed by atoms with E-state index in [1.807, 2.05) is 26.0 Å². The largest absolute Gasteiger partial charge is 0.480 e. The highest BCUT2D eigenvalue weighted by Crippen LogP contribution is 2.19. The predicted octanol–water partition coefficient (Wildman–Crippen LogP) is 2.27. The lowest BCUT2D eigenvalue weighted by Gasteiger charge is -2.12. The lowest BCUT2D eigenvalue weighted by molar-refractivity contribution is -0.136. The zero-order valence-corrected chi connectivity index (χ0v) is 10.5. The number of carboxylic acid groups (broad SMARTS) is 1. The predicted molar refractivity (Wildman–Crippen MR) is 64.0 cm³/mol. The van der Waals surface area contributed by atoms with Crippen molar-refractivity contribution in [3.8, 4) is 0 Å². The van der Waals surface area contributed by atoms with Crippen molar-refractivity contribution in [1.82, 2.24) is 0 Å². The normalized spacial score (nSPS) is 14.4. The van der Waals surface area contributed by atoms with Crippen LogP contribution in [-0.4, -0.2) is 20.5 Å². The average molecular weight is 240 g/mol. The highest BCUT2D eigenvalue weighted by atomic mass is 32.2. The maximum Gasteiger partial charge on any atom is 0.319 e. The topological polar surface area (TPSA) is 54.4 Å². The Balaban J connectivity index is 3.09. The van der Waals surface area contributed by atoms with E-state index >= 15 is 0 Å². The van der Waals surface area contributed by atoms with Crippen molar-refractivity contribution < 1.29 is 14.1 Å². The van der Waals surface area contributed by atoms with Gasteiger partial charge in [0, 0.05) is 4.90 Å². The van der Waals surface area contributed by atoms with Crippen molar-refractivity contribution >= 4 is 16.8 Å². The Kier molecular flexibility index (Phi) is 4.24. The fourth-order valence-electron chi connectivity index (χ4n) is 1.60. The molecule has 0 amide bonds. The summed E-state index contributed by atoms with van der Waals surface area (Å²) in [4.78, 5) is 11.6. The summed E-state index contributed by atoms with van der Waals surface area (Å²) in [6.07, 6.45) is 0.370. The Labute approximate surface area is 98.0 Å². The Hall–Kier alpha value is -1.16. The third-order valence-corrected chi connectivity index (χ3v) is 4.40. The van der Waals surface area contributed by atoms with Gasteiger partial charge in [0.1, 0.15) is 5.25 Å². The lowest BCUT2D eigenvalue weighted by Crippen LogP contribution is -2.25. The first-order valence-electron chi connectivity index (χ1n) is 5.18. The van der Waals surface area contributed by atoms with Crippen LogP contribution in [0.1, 0.15) is 24.5 Å². The van der Waals surface area contributed by atoms with Crippen LogP contribution in [0.5, 0.6) is 0 Å². The molecule has 0 aliphatic rings. The highest BCUT2D eigenvalue weighted by Gasteiger charge is 2.24. The molecule has 1 rings (SSSR count). The molecule has 0 radical (unpaired) electrons. The SMILES string of the molecule is CC[C@@H](C(=O)O)[S@@](=O)c1ccc(C)cc1C. The van der Waals surface area contributed by atoms with Crippen molar-refractivity contribution in [2.45, 2.75) is 37.3 Å². The minimum absolute atomic E-state index is 0.370. The summed E-state index contributed by atoms with van der Waals surface area (Å²) in [5, 5.41) is 8.14. The second-order valence-electron chi connectivity index (χ2n) is 3.80. The van der Waals surface area contributed by atoms with E-state index in [1.54, 1.807) is 13.0 Å². The molecule has 2 atom stereocenters. The molecule has 0 aliphatic carbocycles. The van der Waals surface area contributed by atoms with Gasteiger partial charge in [-0.05, 0) is 31.9 Å². The van der Waals surface area contributed by atoms with Gasteiger partial charge in [-0.2, -0.15) is 0 Å². The van der Waals surface area contributed by atoms with Crippen LogP contribution in [0.15, 0.2) is 23.1 Å². The van der Waals surface area contributed by atoms with Gasteiger partial charge >= 0.3 is 5.97 Å². The Bertz CT molecular complexity index is 426. The van der Waals surface area contributed by atoms with E-state index in [2.05, 4.69) is 0 Å². The molecule has 0 unspecified atom stereocenters. The molecule has 1 aromatic carbocycles. The third kappa shape index (κ3) is 2.70. The number of aryl methyl sites for hydroxylation is 2. The molecule has 0 aliphatic heterocycles. The summed E-state index contributed by atoms with van der Waals surface area (Å²) >= 11 is 0.